The van der Waals surface area contributed by atoms with Gasteiger partial charge in [-0.3, -0.25) is 14.7 Å². The number of morpholine rings is 1. The summed E-state index contributed by atoms with van der Waals surface area (Å²) in [6.45, 7) is 9.14. The maximum absolute atomic E-state index is 13.2. The number of amides is 1. The standard InChI is InChI=1S/C22H30ClN7O3/c1-14-11-25-16(15(2)19(14)32-3)12-29-13-17(31)30(6-4-5-28-7-9-33-10-8-28)18-20(23)26-22(24)27-21(18)29/h11H,4-10,12-13H2,1-3H3,(H2,24,26,27). The molecule has 11 heteroatoms. The van der Waals surface area contributed by atoms with Crippen molar-refractivity contribution in [3.63, 3.8) is 0 Å². The Bertz CT molecular complexity index is 1030. The number of nitrogens with zero attached hydrogens (tertiary/aromatic N) is 6. The van der Waals surface area contributed by atoms with Crippen LogP contribution < -0.4 is 20.3 Å². The van der Waals surface area contributed by atoms with Gasteiger partial charge in [-0.2, -0.15) is 9.97 Å². The zero-order chi connectivity index (χ0) is 23.5. The molecule has 2 aliphatic heterocycles. The molecular weight excluding hydrogens is 446 g/mol. The van der Waals surface area contributed by atoms with E-state index in [0.717, 1.165) is 61.8 Å². The second kappa shape index (κ2) is 10.1. The maximum atomic E-state index is 13.2. The molecule has 1 amide bonds. The number of aryl methyl sites for hydroxylation is 1. The molecular formula is C22H30ClN7O3. The van der Waals surface area contributed by atoms with Gasteiger partial charge in [0, 0.05) is 43.5 Å². The highest BCUT2D eigenvalue weighted by molar-refractivity contribution is 6.33. The molecule has 2 aliphatic rings. The summed E-state index contributed by atoms with van der Waals surface area (Å²) in [6.07, 6.45) is 2.58. The molecule has 1 saturated heterocycles. The summed E-state index contributed by atoms with van der Waals surface area (Å²) in [5.74, 6) is 1.33. The van der Waals surface area contributed by atoms with Crippen LogP contribution in [0.3, 0.4) is 0 Å². The van der Waals surface area contributed by atoms with Crippen LogP contribution in [-0.2, 0) is 16.1 Å². The lowest BCUT2D eigenvalue weighted by Crippen LogP contribution is -2.47. The molecule has 10 nitrogen and oxygen atoms in total. The minimum absolute atomic E-state index is 0.0588. The summed E-state index contributed by atoms with van der Waals surface area (Å²) < 4.78 is 10.9. The minimum Gasteiger partial charge on any atom is -0.496 e. The Morgan fingerprint density at radius 2 is 1.97 bits per heavy atom. The van der Waals surface area contributed by atoms with Crippen molar-refractivity contribution in [1.29, 1.82) is 0 Å². The molecule has 1 fully saturated rings. The smallest absolute Gasteiger partial charge is 0.246 e. The first-order valence-corrected chi connectivity index (χ1v) is 11.4. The Labute approximate surface area is 198 Å². The van der Waals surface area contributed by atoms with E-state index >= 15 is 0 Å². The molecule has 0 aliphatic carbocycles. The van der Waals surface area contributed by atoms with Crippen LogP contribution in [0.4, 0.5) is 17.5 Å². The van der Waals surface area contributed by atoms with Crippen molar-refractivity contribution in [1.82, 2.24) is 19.9 Å². The largest absolute Gasteiger partial charge is 0.496 e. The SMILES string of the molecule is COc1c(C)cnc(CN2CC(=O)N(CCCN3CCOCC3)c3c(Cl)nc(N)nc32)c1C. The quantitative estimate of drug-likeness (QED) is 0.599. The van der Waals surface area contributed by atoms with Crippen LogP contribution >= 0.6 is 11.6 Å². The molecule has 0 radical (unpaired) electrons. The third-order valence-electron chi connectivity index (χ3n) is 6.09. The van der Waals surface area contributed by atoms with E-state index < -0.39 is 0 Å². The Balaban J connectivity index is 1.58. The summed E-state index contributed by atoms with van der Waals surface area (Å²) >= 11 is 6.49. The topological polar surface area (TPSA) is 110 Å². The number of fused-ring (bicyclic) bond motifs is 1. The minimum atomic E-state index is -0.0588. The van der Waals surface area contributed by atoms with Crippen LogP contribution in [-0.4, -0.2) is 78.8 Å². The average molecular weight is 476 g/mol. The highest BCUT2D eigenvalue weighted by atomic mass is 35.5. The van der Waals surface area contributed by atoms with Crippen molar-refractivity contribution in [2.45, 2.75) is 26.8 Å². The second-order valence-corrected chi connectivity index (χ2v) is 8.66. The molecule has 2 aromatic heterocycles. The van der Waals surface area contributed by atoms with Crippen LogP contribution in [0.1, 0.15) is 23.2 Å². The van der Waals surface area contributed by atoms with Crippen molar-refractivity contribution in [2.24, 2.45) is 0 Å². The van der Waals surface area contributed by atoms with Gasteiger partial charge < -0.3 is 25.0 Å². The van der Waals surface area contributed by atoms with Gasteiger partial charge in [-0.25, -0.2) is 0 Å². The average Bonchev–Trinajstić information content (AvgIpc) is 2.79. The number of carbonyl (C=O) groups excluding carboxylic acids is 1. The van der Waals surface area contributed by atoms with Gasteiger partial charge in [0.25, 0.3) is 0 Å². The number of methoxy groups -OCH3 is 1. The zero-order valence-corrected chi connectivity index (χ0v) is 20.1. The normalized spacial score (nSPS) is 16.8. The number of anilines is 3. The predicted octanol–water partition coefficient (Wildman–Crippen LogP) is 1.81. The van der Waals surface area contributed by atoms with Crippen LogP contribution in [0.5, 0.6) is 5.75 Å². The second-order valence-electron chi connectivity index (χ2n) is 8.30. The van der Waals surface area contributed by atoms with Gasteiger partial charge in [0.05, 0.1) is 39.1 Å². The fraction of sp³-hybridized carbons (Fsp3) is 0.545. The van der Waals surface area contributed by atoms with Gasteiger partial charge in [-0.1, -0.05) is 11.6 Å². The lowest BCUT2D eigenvalue weighted by Gasteiger charge is -2.37. The van der Waals surface area contributed by atoms with Crippen LogP contribution in [0, 0.1) is 13.8 Å². The number of nitrogens with two attached hydrogens (primary N) is 1. The summed E-state index contributed by atoms with van der Waals surface area (Å²) in [7, 11) is 1.64. The van der Waals surface area contributed by atoms with E-state index in [9.17, 15) is 4.79 Å². The van der Waals surface area contributed by atoms with E-state index in [1.54, 1.807) is 18.2 Å². The maximum Gasteiger partial charge on any atom is 0.246 e. The van der Waals surface area contributed by atoms with E-state index in [0.29, 0.717) is 24.6 Å². The monoisotopic (exact) mass is 475 g/mol. The summed E-state index contributed by atoms with van der Waals surface area (Å²) in [6, 6.07) is 0. The van der Waals surface area contributed by atoms with E-state index in [4.69, 9.17) is 26.8 Å². The van der Waals surface area contributed by atoms with Gasteiger partial charge in [-0.15, -0.1) is 0 Å². The van der Waals surface area contributed by atoms with Crippen LogP contribution in [0.15, 0.2) is 6.20 Å². The van der Waals surface area contributed by atoms with Crippen molar-refractivity contribution < 1.29 is 14.3 Å². The number of hydrogen-bond donors (Lipinski definition) is 1. The third-order valence-corrected chi connectivity index (χ3v) is 6.35. The lowest BCUT2D eigenvalue weighted by molar-refractivity contribution is -0.117. The first kappa shape index (κ1) is 23.5. The van der Waals surface area contributed by atoms with Crippen molar-refractivity contribution >= 4 is 35.0 Å². The van der Waals surface area contributed by atoms with Crippen molar-refractivity contribution in [3.8, 4) is 5.75 Å². The van der Waals surface area contributed by atoms with Gasteiger partial charge >= 0.3 is 0 Å². The molecule has 178 valence electrons. The van der Waals surface area contributed by atoms with Crippen LogP contribution in [0.2, 0.25) is 5.15 Å². The molecule has 2 aromatic rings. The van der Waals surface area contributed by atoms with E-state index in [2.05, 4.69) is 19.9 Å². The molecule has 4 heterocycles. The van der Waals surface area contributed by atoms with Crippen molar-refractivity contribution in [2.75, 3.05) is 68.6 Å². The highest BCUT2D eigenvalue weighted by Gasteiger charge is 2.34. The van der Waals surface area contributed by atoms with Gasteiger partial charge in [0.2, 0.25) is 11.9 Å². The van der Waals surface area contributed by atoms with Gasteiger partial charge in [0.15, 0.2) is 11.0 Å². The van der Waals surface area contributed by atoms with Crippen LogP contribution in [0.25, 0.3) is 0 Å². The Hall–Kier alpha value is -2.69. The highest BCUT2D eigenvalue weighted by Crippen LogP contribution is 2.39. The molecule has 2 N–H and O–H groups in total. The fourth-order valence-corrected chi connectivity index (χ4v) is 4.66. The summed E-state index contributed by atoms with van der Waals surface area (Å²) in [5.41, 5.74) is 9.10. The third kappa shape index (κ3) is 4.97. The summed E-state index contributed by atoms with van der Waals surface area (Å²) in [5, 5.41) is 0.174. The summed E-state index contributed by atoms with van der Waals surface area (Å²) in [4.78, 5) is 32.2. The molecule has 0 atom stereocenters. The number of aromatic nitrogens is 3. The first-order valence-electron chi connectivity index (χ1n) is 11.1. The number of halogens is 1. The number of nitrogen functional groups attached to an aromatic ring is 1. The fourth-order valence-electron chi connectivity index (χ4n) is 4.39. The molecule has 0 aromatic carbocycles. The van der Waals surface area contributed by atoms with E-state index in [-0.39, 0.29) is 23.6 Å². The molecule has 0 unspecified atom stereocenters. The first-order chi connectivity index (χ1) is 15.9. The van der Waals surface area contributed by atoms with E-state index in [1.807, 2.05) is 18.7 Å². The molecule has 0 bridgehead atoms. The molecule has 0 spiro atoms. The van der Waals surface area contributed by atoms with Gasteiger partial charge in [-0.05, 0) is 20.3 Å². The molecule has 33 heavy (non-hydrogen) atoms. The number of ether oxygens (including phenoxy) is 2. The molecule has 4 rings (SSSR count). The van der Waals surface area contributed by atoms with E-state index in [1.165, 1.54) is 0 Å². The number of pyridine rings is 1. The lowest BCUT2D eigenvalue weighted by atomic mass is 10.1. The predicted molar refractivity (Wildman–Crippen MR) is 127 cm³/mol. The Kier molecular flexibility index (Phi) is 7.16. The van der Waals surface area contributed by atoms with Crippen molar-refractivity contribution in [3.05, 3.63) is 28.2 Å². The molecule has 0 saturated carbocycles. The number of rotatable bonds is 7. The number of carbonyl (C=O) groups is 1. The zero-order valence-electron chi connectivity index (χ0n) is 19.3. The van der Waals surface area contributed by atoms with Gasteiger partial charge in [0.1, 0.15) is 11.4 Å². The number of hydrogen-bond acceptors (Lipinski definition) is 9. The Morgan fingerprint density at radius 3 is 2.70 bits per heavy atom. The Morgan fingerprint density at radius 1 is 1.21 bits per heavy atom.